The lowest BCUT2D eigenvalue weighted by Crippen LogP contribution is -2.33. The van der Waals surface area contributed by atoms with Gasteiger partial charge in [0.1, 0.15) is 0 Å². The predicted molar refractivity (Wildman–Crippen MR) is 73.7 cm³/mol. The van der Waals surface area contributed by atoms with Crippen LogP contribution in [-0.2, 0) is 11.3 Å². The number of rotatable bonds is 6. The van der Waals surface area contributed by atoms with Crippen LogP contribution in [0.3, 0.4) is 0 Å². The zero-order valence-electron chi connectivity index (χ0n) is 10.7. The van der Waals surface area contributed by atoms with E-state index in [0.717, 1.165) is 22.8 Å². The second-order valence-electron chi connectivity index (χ2n) is 4.26. The van der Waals surface area contributed by atoms with E-state index >= 15 is 0 Å². The van der Waals surface area contributed by atoms with Crippen LogP contribution >= 0.6 is 11.6 Å². The van der Waals surface area contributed by atoms with Gasteiger partial charge < -0.3 is 15.4 Å². The quantitative estimate of drug-likeness (QED) is 0.851. The van der Waals surface area contributed by atoms with Gasteiger partial charge in [-0.25, -0.2) is 0 Å². The number of methoxy groups -OCH3 is 1. The van der Waals surface area contributed by atoms with Gasteiger partial charge in [-0.3, -0.25) is 0 Å². The number of hydrogen-bond acceptors (Lipinski definition) is 3. The van der Waals surface area contributed by atoms with Crippen molar-refractivity contribution in [1.29, 1.82) is 0 Å². The Morgan fingerprint density at radius 2 is 2.12 bits per heavy atom. The summed E-state index contributed by atoms with van der Waals surface area (Å²) in [6, 6.07) is 6.42. The Labute approximate surface area is 109 Å². The van der Waals surface area contributed by atoms with Crippen LogP contribution in [0, 0.1) is 0 Å². The minimum atomic E-state index is 0.407. The van der Waals surface area contributed by atoms with Crippen LogP contribution in [0.2, 0.25) is 5.02 Å². The number of hydrogen-bond donors (Lipinski definition) is 1. The lowest BCUT2D eigenvalue weighted by Gasteiger charge is -2.29. The van der Waals surface area contributed by atoms with Gasteiger partial charge in [0.15, 0.2) is 0 Å². The molecule has 3 nitrogen and oxygen atoms in total. The fourth-order valence-corrected chi connectivity index (χ4v) is 2.01. The molecule has 0 saturated heterocycles. The van der Waals surface area contributed by atoms with Crippen LogP contribution in [0.15, 0.2) is 18.2 Å². The molecule has 0 aliphatic heterocycles. The fourth-order valence-electron chi connectivity index (χ4n) is 1.76. The number of ether oxygens (including phenoxy) is 1. The summed E-state index contributed by atoms with van der Waals surface area (Å²) >= 11 is 6.17. The maximum atomic E-state index is 6.17. The minimum Gasteiger partial charge on any atom is -0.383 e. The second-order valence-corrected chi connectivity index (χ2v) is 4.67. The number of anilines is 1. The monoisotopic (exact) mass is 256 g/mol. The highest BCUT2D eigenvalue weighted by Crippen LogP contribution is 2.24. The smallest absolute Gasteiger partial charge is 0.0637 e. The SMILES string of the molecule is COCCN(c1ccc(CN)c(Cl)c1)C(C)C. The van der Waals surface area contributed by atoms with E-state index in [4.69, 9.17) is 22.1 Å². The molecule has 0 fully saturated rings. The number of nitrogens with two attached hydrogens (primary N) is 1. The van der Waals surface area contributed by atoms with Crippen LogP contribution < -0.4 is 10.6 Å². The molecule has 96 valence electrons. The van der Waals surface area contributed by atoms with Crippen molar-refractivity contribution in [1.82, 2.24) is 0 Å². The van der Waals surface area contributed by atoms with E-state index in [1.165, 1.54) is 0 Å². The number of halogens is 1. The molecule has 2 N–H and O–H groups in total. The Morgan fingerprint density at radius 3 is 2.59 bits per heavy atom. The maximum Gasteiger partial charge on any atom is 0.0637 e. The van der Waals surface area contributed by atoms with E-state index in [1.54, 1.807) is 7.11 Å². The first kappa shape index (κ1) is 14.3. The molecule has 4 heteroatoms. The van der Waals surface area contributed by atoms with Crippen molar-refractivity contribution in [2.24, 2.45) is 5.73 Å². The highest BCUT2D eigenvalue weighted by Gasteiger charge is 2.11. The van der Waals surface area contributed by atoms with E-state index in [0.29, 0.717) is 19.2 Å². The summed E-state index contributed by atoms with van der Waals surface area (Å²) < 4.78 is 5.12. The third kappa shape index (κ3) is 3.87. The normalized spacial score (nSPS) is 10.9. The Balaban J connectivity index is 2.90. The van der Waals surface area contributed by atoms with Gasteiger partial charge in [-0.1, -0.05) is 17.7 Å². The van der Waals surface area contributed by atoms with Gasteiger partial charge in [-0.05, 0) is 31.5 Å². The van der Waals surface area contributed by atoms with Gasteiger partial charge in [0.05, 0.1) is 6.61 Å². The van der Waals surface area contributed by atoms with Crippen molar-refractivity contribution in [2.45, 2.75) is 26.4 Å². The van der Waals surface area contributed by atoms with Crippen molar-refractivity contribution in [3.63, 3.8) is 0 Å². The van der Waals surface area contributed by atoms with Crippen molar-refractivity contribution in [3.8, 4) is 0 Å². The van der Waals surface area contributed by atoms with Gasteiger partial charge in [0.2, 0.25) is 0 Å². The van der Waals surface area contributed by atoms with Gasteiger partial charge in [-0.15, -0.1) is 0 Å². The van der Waals surface area contributed by atoms with Crippen LogP contribution in [0.1, 0.15) is 19.4 Å². The van der Waals surface area contributed by atoms with E-state index in [9.17, 15) is 0 Å². The van der Waals surface area contributed by atoms with E-state index in [1.807, 2.05) is 12.1 Å². The molecule has 0 aliphatic rings. The highest BCUT2D eigenvalue weighted by molar-refractivity contribution is 6.31. The molecule has 1 aromatic carbocycles. The molecule has 17 heavy (non-hydrogen) atoms. The molecular weight excluding hydrogens is 236 g/mol. The lowest BCUT2D eigenvalue weighted by atomic mass is 10.1. The molecule has 0 saturated carbocycles. The van der Waals surface area contributed by atoms with Gasteiger partial charge >= 0.3 is 0 Å². The molecule has 0 aromatic heterocycles. The molecule has 0 atom stereocenters. The van der Waals surface area contributed by atoms with Crippen molar-refractivity contribution in [3.05, 3.63) is 28.8 Å². The average Bonchev–Trinajstić information content (AvgIpc) is 2.29. The summed E-state index contributed by atoms with van der Waals surface area (Å²) in [4.78, 5) is 2.26. The Bertz CT molecular complexity index is 355. The molecule has 0 radical (unpaired) electrons. The zero-order chi connectivity index (χ0) is 12.8. The Hall–Kier alpha value is -0.770. The number of nitrogens with zero attached hydrogens (tertiary/aromatic N) is 1. The molecule has 0 spiro atoms. The standard InChI is InChI=1S/C13H21ClN2O/c1-10(2)16(6-7-17-3)12-5-4-11(9-15)13(14)8-12/h4-5,8,10H,6-7,9,15H2,1-3H3. The molecule has 0 amide bonds. The van der Waals surface area contributed by atoms with E-state index in [-0.39, 0.29) is 0 Å². The molecule has 1 rings (SSSR count). The lowest BCUT2D eigenvalue weighted by molar-refractivity contribution is 0.204. The summed E-state index contributed by atoms with van der Waals surface area (Å²) in [7, 11) is 1.71. The van der Waals surface area contributed by atoms with Crippen molar-refractivity contribution in [2.75, 3.05) is 25.2 Å². The number of benzene rings is 1. The van der Waals surface area contributed by atoms with Gasteiger partial charge in [0.25, 0.3) is 0 Å². The van der Waals surface area contributed by atoms with Crippen molar-refractivity contribution < 1.29 is 4.74 Å². The minimum absolute atomic E-state index is 0.407. The van der Waals surface area contributed by atoms with Gasteiger partial charge in [-0.2, -0.15) is 0 Å². The summed E-state index contributed by atoms with van der Waals surface area (Å²) in [6.45, 7) is 6.33. The predicted octanol–water partition coefficient (Wildman–Crippen LogP) is 2.66. The summed E-state index contributed by atoms with van der Waals surface area (Å²) in [5.41, 5.74) is 7.69. The van der Waals surface area contributed by atoms with Crippen molar-refractivity contribution >= 4 is 17.3 Å². The molecule has 0 heterocycles. The topological polar surface area (TPSA) is 38.5 Å². The summed E-state index contributed by atoms with van der Waals surface area (Å²) in [6.07, 6.45) is 0. The van der Waals surface area contributed by atoms with Crippen LogP contribution in [0.4, 0.5) is 5.69 Å². The first-order valence-electron chi connectivity index (χ1n) is 5.84. The third-order valence-electron chi connectivity index (χ3n) is 2.75. The van der Waals surface area contributed by atoms with Gasteiger partial charge in [0, 0.05) is 37.0 Å². The van der Waals surface area contributed by atoms with E-state index < -0.39 is 0 Å². The fraction of sp³-hybridized carbons (Fsp3) is 0.538. The summed E-state index contributed by atoms with van der Waals surface area (Å²) in [5.74, 6) is 0. The molecule has 0 unspecified atom stereocenters. The van der Waals surface area contributed by atoms with Crippen LogP contribution in [-0.4, -0.2) is 26.3 Å². The summed E-state index contributed by atoms with van der Waals surface area (Å²) in [5, 5.41) is 0.730. The maximum absolute atomic E-state index is 6.17. The first-order valence-corrected chi connectivity index (χ1v) is 6.22. The third-order valence-corrected chi connectivity index (χ3v) is 3.10. The highest BCUT2D eigenvalue weighted by atomic mass is 35.5. The average molecular weight is 257 g/mol. The molecule has 0 aliphatic carbocycles. The molecular formula is C13H21ClN2O. The Morgan fingerprint density at radius 1 is 1.41 bits per heavy atom. The molecule has 0 bridgehead atoms. The molecule has 1 aromatic rings. The van der Waals surface area contributed by atoms with E-state index in [2.05, 4.69) is 24.8 Å². The second kappa shape index (κ2) is 6.84. The largest absolute Gasteiger partial charge is 0.383 e. The van der Waals surface area contributed by atoms with Crippen LogP contribution in [0.25, 0.3) is 0 Å². The first-order chi connectivity index (χ1) is 8.10. The Kier molecular flexibility index (Phi) is 5.75. The zero-order valence-corrected chi connectivity index (χ0v) is 11.5. The van der Waals surface area contributed by atoms with Crippen LogP contribution in [0.5, 0.6) is 0 Å².